The van der Waals surface area contributed by atoms with Crippen molar-refractivity contribution in [1.29, 1.82) is 0 Å². The smallest absolute Gasteiger partial charge is 0.305 e. The van der Waals surface area contributed by atoms with Gasteiger partial charge in [-0.25, -0.2) is 0 Å². The number of nitrogens with one attached hydrogen (secondary N) is 3. The SMILES string of the molecule is CC(C)C1NC(=O)c2cccc(c2)CN(C)C(=O)C(CC(=O)O)NC(=O)CNC(=O)C(CCCN=C(N)N)N(C)C1=O. The standard InChI is InChI=1S/C27H40N8O7/c1-15(2)22-26(42)35(4)19(9-6-10-30-27(28)29)24(40)31-13-20(36)32-18(12-21(37)38)25(41)34(3)14-16-7-5-8-17(11-16)23(39)33-22/h5,7-8,11,15,18-19,22H,6,9-10,12-14H2,1-4H3,(H,31,40)(H,32,36)(H,33,39)(H,37,38)(H4,28,29,30). The van der Waals surface area contributed by atoms with Gasteiger partial charge < -0.3 is 42.3 Å². The van der Waals surface area contributed by atoms with Gasteiger partial charge in [0.25, 0.3) is 5.91 Å². The van der Waals surface area contributed by atoms with Crippen LogP contribution in [0.1, 0.15) is 49.0 Å². The van der Waals surface area contributed by atoms with Crippen LogP contribution in [0.15, 0.2) is 29.3 Å². The van der Waals surface area contributed by atoms with Gasteiger partial charge in [0.2, 0.25) is 23.6 Å². The van der Waals surface area contributed by atoms with Crippen LogP contribution in [0.25, 0.3) is 0 Å². The van der Waals surface area contributed by atoms with Crippen LogP contribution >= 0.6 is 0 Å². The van der Waals surface area contributed by atoms with E-state index >= 15 is 0 Å². The Hall–Kier alpha value is -4.69. The highest BCUT2D eigenvalue weighted by Crippen LogP contribution is 2.15. The fourth-order valence-electron chi connectivity index (χ4n) is 4.44. The first-order valence-corrected chi connectivity index (χ1v) is 13.5. The van der Waals surface area contributed by atoms with Crippen molar-refractivity contribution >= 4 is 41.5 Å². The van der Waals surface area contributed by atoms with Gasteiger partial charge in [-0.15, -0.1) is 0 Å². The topological polar surface area (TPSA) is 230 Å². The fourth-order valence-corrected chi connectivity index (χ4v) is 4.44. The molecule has 3 unspecified atom stereocenters. The summed E-state index contributed by atoms with van der Waals surface area (Å²) in [6.45, 7) is 3.13. The van der Waals surface area contributed by atoms with Crippen molar-refractivity contribution in [2.75, 3.05) is 27.2 Å². The van der Waals surface area contributed by atoms with Gasteiger partial charge in [-0.2, -0.15) is 0 Å². The Bertz CT molecular complexity index is 1210. The molecule has 0 saturated carbocycles. The van der Waals surface area contributed by atoms with Crippen LogP contribution in [-0.2, 0) is 30.5 Å². The van der Waals surface area contributed by atoms with E-state index in [4.69, 9.17) is 11.5 Å². The molecule has 2 bridgehead atoms. The molecule has 1 aromatic carbocycles. The van der Waals surface area contributed by atoms with Gasteiger partial charge in [0.05, 0.1) is 13.0 Å². The number of aliphatic carboxylic acids is 1. The van der Waals surface area contributed by atoms with E-state index in [1.807, 2.05) is 0 Å². The molecule has 230 valence electrons. The number of aliphatic imine (C=N–C) groups is 1. The van der Waals surface area contributed by atoms with Gasteiger partial charge in [0.1, 0.15) is 18.1 Å². The predicted molar refractivity (Wildman–Crippen MR) is 153 cm³/mol. The van der Waals surface area contributed by atoms with E-state index in [1.165, 1.54) is 23.9 Å². The second-order valence-corrected chi connectivity index (χ2v) is 10.4. The van der Waals surface area contributed by atoms with Gasteiger partial charge in [-0.3, -0.25) is 33.8 Å². The predicted octanol–water partition coefficient (Wildman–Crippen LogP) is -1.63. The highest BCUT2D eigenvalue weighted by atomic mass is 16.4. The number of carbonyl (C=O) groups excluding carboxylic acids is 5. The molecule has 1 aliphatic rings. The van der Waals surface area contributed by atoms with Crippen LogP contribution in [0.5, 0.6) is 0 Å². The number of carboxylic acids is 1. The van der Waals surface area contributed by atoms with Crippen LogP contribution in [0, 0.1) is 5.92 Å². The first-order valence-electron chi connectivity index (χ1n) is 13.5. The van der Waals surface area contributed by atoms with Crippen molar-refractivity contribution in [3.8, 4) is 0 Å². The third kappa shape index (κ3) is 9.74. The molecular weight excluding hydrogens is 548 g/mol. The minimum absolute atomic E-state index is 0.0134. The Morgan fingerprint density at radius 2 is 1.79 bits per heavy atom. The number of rotatable bonds is 7. The minimum Gasteiger partial charge on any atom is -0.481 e. The number of nitrogens with two attached hydrogens (primary N) is 2. The fraction of sp³-hybridized carbons (Fsp3) is 0.519. The summed E-state index contributed by atoms with van der Waals surface area (Å²) >= 11 is 0. The van der Waals surface area contributed by atoms with E-state index in [2.05, 4.69) is 20.9 Å². The maximum absolute atomic E-state index is 13.6. The Labute approximate surface area is 244 Å². The largest absolute Gasteiger partial charge is 0.481 e. The van der Waals surface area contributed by atoms with E-state index in [0.29, 0.717) is 12.0 Å². The van der Waals surface area contributed by atoms with Gasteiger partial charge in [-0.1, -0.05) is 26.0 Å². The van der Waals surface area contributed by atoms with Crippen molar-refractivity contribution in [2.24, 2.45) is 22.4 Å². The molecule has 1 heterocycles. The summed E-state index contributed by atoms with van der Waals surface area (Å²) in [7, 11) is 2.86. The highest BCUT2D eigenvalue weighted by molar-refractivity contribution is 5.99. The normalized spacial score (nSPS) is 21.2. The van der Waals surface area contributed by atoms with E-state index in [-0.39, 0.29) is 37.0 Å². The Balaban J connectivity index is 2.49. The molecule has 15 nitrogen and oxygen atoms in total. The summed E-state index contributed by atoms with van der Waals surface area (Å²) in [4.78, 5) is 83.7. The molecule has 0 aliphatic carbocycles. The average molecular weight is 589 g/mol. The maximum Gasteiger partial charge on any atom is 0.305 e. The molecule has 0 aromatic heterocycles. The second-order valence-electron chi connectivity index (χ2n) is 10.4. The van der Waals surface area contributed by atoms with E-state index < -0.39 is 66.6 Å². The summed E-state index contributed by atoms with van der Waals surface area (Å²) in [6, 6.07) is 2.95. The summed E-state index contributed by atoms with van der Waals surface area (Å²) in [5.74, 6) is -4.97. The van der Waals surface area contributed by atoms with E-state index in [0.717, 1.165) is 0 Å². The summed E-state index contributed by atoms with van der Waals surface area (Å²) < 4.78 is 0. The zero-order valence-corrected chi connectivity index (χ0v) is 24.3. The third-order valence-electron chi connectivity index (χ3n) is 6.69. The van der Waals surface area contributed by atoms with E-state index in [1.54, 1.807) is 38.1 Å². The number of benzene rings is 1. The molecule has 0 spiro atoms. The number of amides is 5. The molecule has 1 aliphatic heterocycles. The monoisotopic (exact) mass is 588 g/mol. The van der Waals surface area contributed by atoms with Crippen LogP contribution < -0.4 is 27.4 Å². The first-order chi connectivity index (χ1) is 19.7. The number of carbonyl (C=O) groups is 6. The quantitative estimate of drug-likeness (QED) is 0.122. The van der Waals surface area contributed by atoms with Crippen molar-refractivity contribution in [1.82, 2.24) is 25.8 Å². The Morgan fingerprint density at radius 3 is 2.40 bits per heavy atom. The van der Waals surface area contributed by atoms with Crippen molar-refractivity contribution in [3.63, 3.8) is 0 Å². The lowest BCUT2D eigenvalue weighted by atomic mass is 10.00. The van der Waals surface area contributed by atoms with E-state index in [9.17, 15) is 33.9 Å². The second kappa shape index (κ2) is 15.3. The van der Waals surface area contributed by atoms with Gasteiger partial charge in [0, 0.05) is 32.7 Å². The Kier molecular flexibility index (Phi) is 12.2. The van der Waals surface area contributed by atoms with Crippen LogP contribution in [-0.4, -0.2) is 102 Å². The lowest BCUT2D eigenvalue weighted by Crippen LogP contribution is -2.57. The lowest BCUT2D eigenvalue weighted by Gasteiger charge is -2.32. The number of guanidine groups is 1. The number of hydrogen-bond acceptors (Lipinski definition) is 7. The van der Waals surface area contributed by atoms with Gasteiger partial charge in [-0.05, 0) is 36.5 Å². The molecule has 8 N–H and O–H groups in total. The number of carboxylic acid groups (broad SMARTS) is 1. The summed E-state index contributed by atoms with van der Waals surface area (Å²) in [5.41, 5.74) is 11.5. The van der Waals surface area contributed by atoms with Crippen LogP contribution in [0.4, 0.5) is 0 Å². The number of hydrogen-bond donors (Lipinski definition) is 6. The molecule has 2 rings (SSSR count). The van der Waals surface area contributed by atoms with Crippen molar-refractivity contribution in [2.45, 2.75) is 57.8 Å². The Morgan fingerprint density at radius 1 is 1.10 bits per heavy atom. The van der Waals surface area contributed by atoms with Crippen molar-refractivity contribution < 1.29 is 33.9 Å². The highest BCUT2D eigenvalue weighted by Gasteiger charge is 2.34. The molecule has 0 radical (unpaired) electrons. The van der Waals surface area contributed by atoms with Crippen LogP contribution in [0.2, 0.25) is 0 Å². The molecule has 0 saturated heterocycles. The third-order valence-corrected chi connectivity index (χ3v) is 6.69. The molecule has 0 fully saturated rings. The number of nitrogens with zero attached hydrogens (tertiary/aromatic N) is 3. The first kappa shape index (κ1) is 33.5. The minimum atomic E-state index is -1.41. The molecule has 3 atom stereocenters. The van der Waals surface area contributed by atoms with Crippen molar-refractivity contribution in [3.05, 3.63) is 35.4 Å². The molecule has 5 amide bonds. The summed E-state index contributed by atoms with van der Waals surface area (Å²) in [5, 5.41) is 16.9. The lowest BCUT2D eigenvalue weighted by molar-refractivity contribution is -0.143. The zero-order valence-electron chi connectivity index (χ0n) is 24.3. The van der Waals surface area contributed by atoms with Crippen LogP contribution in [0.3, 0.4) is 0 Å². The molecule has 15 heteroatoms. The molecular formula is C27H40N8O7. The van der Waals surface area contributed by atoms with Gasteiger partial charge >= 0.3 is 5.97 Å². The number of fused-ring (bicyclic) bond motifs is 2. The maximum atomic E-state index is 13.6. The summed E-state index contributed by atoms with van der Waals surface area (Å²) in [6.07, 6.45) is -0.252. The molecule has 42 heavy (non-hydrogen) atoms. The molecule has 1 aromatic rings. The average Bonchev–Trinajstić information content (AvgIpc) is 2.92. The van der Waals surface area contributed by atoms with Gasteiger partial charge in [0.15, 0.2) is 5.96 Å². The number of likely N-dealkylation sites (N-methyl/N-ethyl adjacent to an activating group) is 2. The zero-order chi connectivity index (χ0) is 31.6.